The van der Waals surface area contributed by atoms with Gasteiger partial charge in [-0.15, -0.1) is 0 Å². The van der Waals surface area contributed by atoms with E-state index in [2.05, 4.69) is 49.1 Å². The lowest BCUT2D eigenvalue weighted by Gasteiger charge is -2.20. The number of hydrogen-bond donors (Lipinski definition) is 0. The minimum Gasteiger partial charge on any atom is -0.454 e. The van der Waals surface area contributed by atoms with Gasteiger partial charge in [-0.05, 0) is 13.8 Å². The summed E-state index contributed by atoms with van der Waals surface area (Å²) in [6, 6.07) is 22.7. The Balaban J connectivity index is 2.13. The number of anilines is 1. The van der Waals surface area contributed by atoms with Crippen LogP contribution in [0.4, 0.5) is 5.69 Å². The first-order chi connectivity index (χ1) is 10.8. The van der Waals surface area contributed by atoms with Crippen LogP contribution < -0.4 is 4.90 Å². The van der Waals surface area contributed by atoms with Gasteiger partial charge in [0.2, 0.25) is 0 Å². The molecule has 0 N–H and O–H groups in total. The van der Waals surface area contributed by atoms with Crippen LogP contribution in [0.2, 0.25) is 0 Å². The second-order valence-electron chi connectivity index (χ2n) is 5.23. The zero-order valence-electron chi connectivity index (χ0n) is 13.1. The van der Waals surface area contributed by atoms with E-state index in [9.17, 15) is 0 Å². The Morgan fingerprint density at radius 2 is 1.32 bits per heavy atom. The molecular formula is C20H21NO. The van der Waals surface area contributed by atoms with E-state index in [-0.39, 0.29) is 0 Å². The van der Waals surface area contributed by atoms with Gasteiger partial charge in [0.25, 0.3) is 0 Å². The Morgan fingerprint density at radius 1 is 0.773 bits per heavy atom. The van der Waals surface area contributed by atoms with Crippen LogP contribution in [0.3, 0.4) is 0 Å². The molecule has 0 atom stereocenters. The highest BCUT2D eigenvalue weighted by Crippen LogP contribution is 2.38. The Bertz CT molecular complexity index is 712. The molecule has 0 aliphatic rings. The summed E-state index contributed by atoms with van der Waals surface area (Å²) in [5.41, 5.74) is 3.39. The van der Waals surface area contributed by atoms with Gasteiger partial charge in [0.15, 0.2) is 5.76 Å². The molecule has 2 aromatic carbocycles. The maximum absolute atomic E-state index is 6.23. The quantitative estimate of drug-likeness (QED) is 0.620. The number of rotatable bonds is 5. The zero-order chi connectivity index (χ0) is 15.4. The van der Waals surface area contributed by atoms with Crippen molar-refractivity contribution in [3.05, 3.63) is 66.7 Å². The third-order valence-electron chi connectivity index (χ3n) is 3.91. The van der Waals surface area contributed by atoms with E-state index in [1.807, 2.05) is 36.4 Å². The second kappa shape index (κ2) is 6.52. The molecular weight excluding hydrogens is 270 g/mol. The highest BCUT2D eigenvalue weighted by molar-refractivity contribution is 5.79. The number of nitrogens with zero attached hydrogens (tertiary/aromatic N) is 1. The molecule has 0 spiro atoms. The first-order valence-corrected chi connectivity index (χ1v) is 7.83. The van der Waals surface area contributed by atoms with Crippen LogP contribution in [0.1, 0.15) is 13.8 Å². The molecule has 0 amide bonds. The molecule has 0 fully saturated rings. The largest absolute Gasteiger partial charge is 0.454 e. The highest BCUT2D eigenvalue weighted by Gasteiger charge is 2.17. The van der Waals surface area contributed by atoms with Crippen molar-refractivity contribution >= 4 is 5.69 Å². The first-order valence-electron chi connectivity index (χ1n) is 7.83. The average molecular weight is 291 g/mol. The van der Waals surface area contributed by atoms with Crippen molar-refractivity contribution in [1.82, 2.24) is 0 Å². The standard InChI is InChI=1S/C20H21NO/c1-3-21(4-2)18-15-19(16-11-7-5-8-12-16)22-20(18)17-13-9-6-10-14-17/h5-15H,3-4H2,1-2H3. The maximum atomic E-state index is 6.23. The Morgan fingerprint density at radius 3 is 1.86 bits per heavy atom. The Hall–Kier alpha value is -2.48. The monoisotopic (exact) mass is 291 g/mol. The molecule has 22 heavy (non-hydrogen) atoms. The van der Waals surface area contributed by atoms with E-state index in [1.54, 1.807) is 0 Å². The molecule has 3 rings (SSSR count). The normalized spacial score (nSPS) is 10.6. The third kappa shape index (κ3) is 2.77. The molecule has 1 aromatic heterocycles. The summed E-state index contributed by atoms with van der Waals surface area (Å²) in [5.74, 6) is 1.87. The Labute approximate surface area is 132 Å². The third-order valence-corrected chi connectivity index (χ3v) is 3.91. The van der Waals surface area contributed by atoms with Crippen LogP contribution in [0.15, 0.2) is 71.1 Å². The van der Waals surface area contributed by atoms with E-state index < -0.39 is 0 Å². The van der Waals surface area contributed by atoms with Crippen LogP contribution in [0, 0.1) is 0 Å². The summed E-state index contributed by atoms with van der Waals surface area (Å²) in [4.78, 5) is 2.33. The van der Waals surface area contributed by atoms with Gasteiger partial charge in [-0.1, -0.05) is 60.7 Å². The van der Waals surface area contributed by atoms with E-state index >= 15 is 0 Å². The number of hydrogen-bond acceptors (Lipinski definition) is 2. The molecule has 0 bridgehead atoms. The maximum Gasteiger partial charge on any atom is 0.158 e. The molecule has 0 aliphatic carbocycles. The molecule has 0 aliphatic heterocycles. The minimum atomic E-state index is 0.918. The SMILES string of the molecule is CCN(CC)c1cc(-c2ccccc2)oc1-c1ccccc1. The topological polar surface area (TPSA) is 16.4 Å². The van der Waals surface area contributed by atoms with Gasteiger partial charge in [0.05, 0.1) is 5.69 Å². The molecule has 2 nitrogen and oxygen atoms in total. The van der Waals surface area contributed by atoms with Crippen molar-refractivity contribution in [2.24, 2.45) is 0 Å². The Kier molecular flexibility index (Phi) is 4.29. The van der Waals surface area contributed by atoms with Crippen molar-refractivity contribution in [3.63, 3.8) is 0 Å². The van der Waals surface area contributed by atoms with Gasteiger partial charge < -0.3 is 9.32 Å². The highest BCUT2D eigenvalue weighted by atomic mass is 16.3. The molecule has 1 heterocycles. The lowest BCUT2D eigenvalue weighted by molar-refractivity contribution is 0.596. The van der Waals surface area contributed by atoms with Gasteiger partial charge in [0.1, 0.15) is 5.76 Å². The van der Waals surface area contributed by atoms with Crippen molar-refractivity contribution < 1.29 is 4.42 Å². The van der Waals surface area contributed by atoms with Gasteiger partial charge >= 0.3 is 0 Å². The zero-order valence-corrected chi connectivity index (χ0v) is 13.1. The van der Waals surface area contributed by atoms with Crippen molar-refractivity contribution in [2.45, 2.75) is 13.8 Å². The van der Waals surface area contributed by atoms with Crippen LogP contribution >= 0.6 is 0 Å². The first kappa shape index (κ1) is 14.5. The minimum absolute atomic E-state index is 0.918. The fourth-order valence-corrected chi connectivity index (χ4v) is 2.72. The summed E-state index contributed by atoms with van der Waals surface area (Å²) in [5, 5.41) is 0. The van der Waals surface area contributed by atoms with E-state index in [4.69, 9.17) is 4.42 Å². The predicted octanol–water partition coefficient (Wildman–Crippen LogP) is 5.46. The molecule has 2 heteroatoms. The smallest absolute Gasteiger partial charge is 0.158 e. The van der Waals surface area contributed by atoms with E-state index in [0.29, 0.717) is 0 Å². The van der Waals surface area contributed by atoms with Crippen LogP contribution in [-0.2, 0) is 0 Å². The molecule has 0 saturated heterocycles. The van der Waals surface area contributed by atoms with E-state index in [0.717, 1.165) is 41.4 Å². The van der Waals surface area contributed by atoms with Gasteiger partial charge in [-0.3, -0.25) is 0 Å². The second-order valence-corrected chi connectivity index (χ2v) is 5.23. The van der Waals surface area contributed by atoms with E-state index in [1.165, 1.54) is 0 Å². The predicted molar refractivity (Wildman–Crippen MR) is 93.1 cm³/mol. The molecule has 0 radical (unpaired) electrons. The molecule has 3 aromatic rings. The lowest BCUT2D eigenvalue weighted by atomic mass is 10.1. The summed E-state index contributed by atoms with van der Waals surface area (Å²) in [6.45, 7) is 6.27. The lowest BCUT2D eigenvalue weighted by Crippen LogP contribution is -2.21. The van der Waals surface area contributed by atoms with Crippen LogP contribution in [-0.4, -0.2) is 13.1 Å². The van der Waals surface area contributed by atoms with Crippen molar-refractivity contribution in [1.29, 1.82) is 0 Å². The molecule has 0 saturated carbocycles. The molecule has 0 unspecified atom stereocenters. The molecule has 112 valence electrons. The van der Waals surface area contributed by atoms with Crippen LogP contribution in [0.25, 0.3) is 22.6 Å². The fourth-order valence-electron chi connectivity index (χ4n) is 2.72. The van der Waals surface area contributed by atoms with Gasteiger partial charge in [-0.25, -0.2) is 0 Å². The summed E-state index contributed by atoms with van der Waals surface area (Å²) >= 11 is 0. The number of benzene rings is 2. The van der Waals surface area contributed by atoms with Crippen molar-refractivity contribution in [3.8, 4) is 22.6 Å². The van der Waals surface area contributed by atoms with Crippen molar-refractivity contribution in [2.75, 3.05) is 18.0 Å². The summed E-state index contributed by atoms with van der Waals surface area (Å²) < 4.78 is 6.23. The summed E-state index contributed by atoms with van der Waals surface area (Å²) in [6.07, 6.45) is 0. The van der Waals surface area contributed by atoms with Gasteiger partial charge in [0, 0.05) is 30.3 Å². The number of furan rings is 1. The van der Waals surface area contributed by atoms with Crippen LogP contribution in [0.5, 0.6) is 0 Å². The average Bonchev–Trinajstić information content (AvgIpc) is 3.03. The summed E-state index contributed by atoms with van der Waals surface area (Å²) in [7, 11) is 0. The fraction of sp³-hybridized carbons (Fsp3) is 0.200. The van der Waals surface area contributed by atoms with Gasteiger partial charge in [-0.2, -0.15) is 0 Å².